The molecule has 0 radical (unpaired) electrons. The van der Waals surface area contributed by atoms with Crippen LogP contribution in [0.3, 0.4) is 0 Å². The van der Waals surface area contributed by atoms with Crippen LogP contribution in [0, 0.1) is 17.8 Å². The number of carbonyl (C=O) groups is 1. The van der Waals surface area contributed by atoms with Crippen molar-refractivity contribution in [3.05, 3.63) is 65.2 Å². The maximum Gasteiger partial charge on any atom is 0.335 e. The lowest BCUT2D eigenvalue weighted by atomic mass is 9.48. The lowest BCUT2D eigenvalue weighted by Crippen LogP contribution is -2.48. The van der Waals surface area contributed by atoms with Gasteiger partial charge in [-0.15, -0.1) is 12.4 Å². The van der Waals surface area contributed by atoms with Crippen LogP contribution in [0.1, 0.15) is 60.0 Å². The molecule has 0 atom stereocenters. The normalized spacial score (nSPS) is 29.9. The Labute approximate surface area is 172 Å². The molecule has 2 aromatic carbocycles. The van der Waals surface area contributed by atoms with Crippen molar-refractivity contribution in [1.29, 1.82) is 0 Å². The summed E-state index contributed by atoms with van der Waals surface area (Å²) in [5.74, 6) is 2.46. The van der Waals surface area contributed by atoms with Crippen LogP contribution in [0.4, 0.5) is 0 Å². The third-order valence-electron chi connectivity index (χ3n) is 7.07. The van der Waals surface area contributed by atoms with Gasteiger partial charge >= 0.3 is 5.97 Å². The monoisotopic (exact) mass is 398 g/mol. The second-order valence-electron chi connectivity index (χ2n) is 8.99. The highest BCUT2D eigenvalue weighted by molar-refractivity contribution is 5.88. The SMILES string of the molecule is Cl.O=C(O)c1ccc(OCc2ccccc2)c(C23CC4CC(CC(C4)C2)C3)c1. The topological polar surface area (TPSA) is 46.5 Å². The zero-order valence-electron chi connectivity index (χ0n) is 16.0. The van der Waals surface area contributed by atoms with Crippen molar-refractivity contribution in [2.24, 2.45) is 17.8 Å². The van der Waals surface area contributed by atoms with E-state index in [1.807, 2.05) is 30.3 Å². The van der Waals surface area contributed by atoms with E-state index in [1.165, 1.54) is 38.5 Å². The van der Waals surface area contributed by atoms with Gasteiger partial charge in [-0.05, 0) is 85.5 Å². The van der Waals surface area contributed by atoms with Gasteiger partial charge in [0.1, 0.15) is 12.4 Å². The molecule has 0 spiro atoms. The van der Waals surface area contributed by atoms with Crippen molar-refractivity contribution < 1.29 is 14.6 Å². The number of halogens is 1. The highest BCUT2D eigenvalue weighted by Gasteiger charge is 2.52. The lowest BCUT2D eigenvalue weighted by molar-refractivity contribution is -0.00650. The van der Waals surface area contributed by atoms with Gasteiger partial charge in [-0.3, -0.25) is 0 Å². The van der Waals surface area contributed by atoms with Gasteiger partial charge in [0.2, 0.25) is 0 Å². The maximum absolute atomic E-state index is 11.6. The van der Waals surface area contributed by atoms with Crippen LogP contribution in [-0.2, 0) is 12.0 Å². The number of rotatable bonds is 5. The number of carboxylic acids is 1. The molecule has 0 amide bonds. The number of carboxylic acid groups (broad SMARTS) is 1. The lowest BCUT2D eigenvalue weighted by Gasteiger charge is -2.57. The number of ether oxygens (including phenoxy) is 1. The molecule has 1 N–H and O–H groups in total. The van der Waals surface area contributed by atoms with Gasteiger partial charge in [0.25, 0.3) is 0 Å². The van der Waals surface area contributed by atoms with Crippen molar-refractivity contribution in [2.75, 3.05) is 0 Å². The third-order valence-corrected chi connectivity index (χ3v) is 7.07. The zero-order valence-corrected chi connectivity index (χ0v) is 16.8. The van der Waals surface area contributed by atoms with Crippen LogP contribution in [-0.4, -0.2) is 11.1 Å². The molecule has 4 bridgehead atoms. The molecule has 0 heterocycles. The van der Waals surface area contributed by atoms with Crippen LogP contribution < -0.4 is 4.74 Å². The molecule has 3 nitrogen and oxygen atoms in total. The second-order valence-corrected chi connectivity index (χ2v) is 8.99. The van der Waals surface area contributed by atoms with Gasteiger partial charge in [-0.1, -0.05) is 30.3 Å². The Hall–Kier alpha value is -2.00. The van der Waals surface area contributed by atoms with Crippen LogP contribution in [0.5, 0.6) is 5.75 Å². The average Bonchev–Trinajstić information content (AvgIpc) is 2.66. The van der Waals surface area contributed by atoms with E-state index in [0.29, 0.717) is 12.2 Å². The molecule has 0 aliphatic heterocycles. The minimum atomic E-state index is -0.851. The molecule has 4 aliphatic rings. The van der Waals surface area contributed by atoms with E-state index in [2.05, 4.69) is 12.1 Å². The molecule has 4 fully saturated rings. The first-order chi connectivity index (χ1) is 13.1. The van der Waals surface area contributed by atoms with E-state index in [-0.39, 0.29) is 17.8 Å². The Kier molecular flexibility index (Phi) is 5.13. The van der Waals surface area contributed by atoms with E-state index < -0.39 is 5.97 Å². The summed E-state index contributed by atoms with van der Waals surface area (Å²) in [5, 5.41) is 9.55. The predicted molar refractivity (Wildman–Crippen MR) is 111 cm³/mol. The molecular weight excluding hydrogens is 372 g/mol. The molecule has 2 aromatic rings. The van der Waals surface area contributed by atoms with E-state index in [1.54, 1.807) is 6.07 Å². The van der Waals surface area contributed by atoms with E-state index in [4.69, 9.17) is 4.74 Å². The van der Waals surface area contributed by atoms with Gasteiger partial charge in [-0.25, -0.2) is 4.79 Å². The molecule has 6 rings (SSSR count). The summed E-state index contributed by atoms with van der Waals surface area (Å²) in [6.07, 6.45) is 7.71. The summed E-state index contributed by atoms with van der Waals surface area (Å²) in [6, 6.07) is 15.7. The highest BCUT2D eigenvalue weighted by Crippen LogP contribution is 2.62. The fourth-order valence-electron chi connectivity index (χ4n) is 6.38. The van der Waals surface area contributed by atoms with E-state index >= 15 is 0 Å². The van der Waals surface area contributed by atoms with Crippen molar-refractivity contribution in [1.82, 2.24) is 0 Å². The molecule has 4 saturated carbocycles. The van der Waals surface area contributed by atoms with Gasteiger partial charge < -0.3 is 9.84 Å². The van der Waals surface area contributed by atoms with E-state index in [9.17, 15) is 9.90 Å². The van der Waals surface area contributed by atoms with Crippen molar-refractivity contribution >= 4 is 18.4 Å². The Morgan fingerprint density at radius 3 is 2.14 bits per heavy atom. The van der Waals surface area contributed by atoms with Crippen molar-refractivity contribution in [3.8, 4) is 5.75 Å². The highest BCUT2D eigenvalue weighted by atomic mass is 35.5. The minimum absolute atomic E-state index is 0. The number of hydrogen-bond acceptors (Lipinski definition) is 2. The van der Waals surface area contributed by atoms with Crippen LogP contribution >= 0.6 is 12.4 Å². The Morgan fingerprint density at radius 1 is 0.964 bits per heavy atom. The molecule has 4 aliphatic carbocycles. The van der Waals surface area contributed by atoms with Crippen molar-refractivity contribution in [3.63, 3.8) is 0 Å². The summed E-state index contributed by atoms with van der Waals surface area (Å²) >= 11 is 0. The maximum atomic E-state index is 11.6. The van der Waals surface area contributed by atoms with Crippen LogP contribution in [0.2, 0.25) is 0 Å². The number of hydrogen-bond donors (Lipinski definition) is 1. The molecular formula is C24H27ClO3. The molecule has 0 unspecified atom stereocenters. The molecule has 0 aromatic heterocycles. The fourth-order valence-corrected chi connectivity index (χ4v) is 6.38. The fraction of sp³-hybridized carbons (Fsp3) is 0.458. The molecule has 0 saturated heterocycles. The van der Waals surface area contributed by atoms with Gasteiger partial charge in [-0.2, -0.15) is 0 Å². The Bertz CT molecular complexity index is 826. The summed E-state index contributed by atoms with van der Waals surface area (Å²) in [4.78, 5) is 11.6. The second kappa shape index (κ2) is 7.44. The standard InChI is InChI=1S/C24H26O3.ClH/c25-23(26)20-6-7-22(27-15-16-4-2-1-3-5-16)21(11-20)24-12-17-8-18(13-24)10-19(9-17)14-24;/h1-7,11,17-19H,8-10,12-15H2,(H,25,26);1H. The number of benzene rings is 2. The summed E-state index contributed by atoms with van der Waals surface area (Å²) in [6.45, 7) is 0.520. The quantitative estimate of drug-likeness (QED) is 0.686. The molecule has 28 heavy (non-hydrogen) atoms. The molecule has 4 heteroatoms. The van der Waals surface area contributed by atoms with Gasteiger partial charge in [0.15, 0.2) is 0 Å². The summed E-state index contributed by atoms with van der Waals surface area (Å²) in [5.41, 5.74) is 2.79. The summed E-state index contributed by atoms with van der Waals surface area (Å²) in [7, 11) is 0. The summed E-state index contributed by atoms with van der Waals surface area (Å²) < 4.78 is 6.25. The predicted octanol–water partition coefficient (Wildman–Crippen LogP) is 5.85. The number of aromatic carboxylic acids is 1. The third kappa shape index (κ3) is 3.41. The zero-order chi connectivity index (χ0) is 18.4. The van der Waals surface area contributed by atoms with Crippen LogP contribution in [0.15, 0.2) is 48.5 Å². The largest absolute Gasteiger partial charge is 0.489 e. The van der Waals surface area contributed by atoms with Crippen LogP contribution in [0.25, 0.3) is 0 Å². The minimum Gasteiger partial charge on any atom is -0.489 e. The first-order valence-corrected chi connectivity index (χ1v) is 10.2. The first-order valence-electron chi connectivity index (χ1n) is 10.2. The molecule has 148 valence electrons. The van der Waals surface area contributed by atoms with E-state index in [0.717, 1.165) is 34.6 Å². The average molecular weight is 399 g/mol. The Balaban J connectivity index is 0.00000192. The Morgan fingerprint density at radius 2 is 1.57 bits per heavy atom. The smallest absolute Gasteiger partial charge is 0.335 e. The van der Waals surface area contributed by atoms with Gasteiger partial charge in [0.05, 0.1) is 5.56 Å². The first kappa shape index (κ1) is 19.3. The van der Waals surface area contributed by atoms with Crippen molar-refractivity contribution in [2.45, 2.75) is 50.5 Å². The van der Waals surface area contributed by atoms with Gasteiger partial charge in [0, 0.05) is 5.56 Å².